The van der Waals surface area contributed by atoms with E-state index in [9.17, 15) is 4.79 Å². The highest BCUT2D eigenvalue weighted by atomic mass is 35.5. The summed E-state index contributed by atoms with van der Waals surface area (Å²) in [4.78, 5) is 23.7. The van der Waals surface area contributed by atoms with Crippen molar-refractivity contribution in [3.63, 3.8) is 0 Å². The van der Waals surface area contributed by atoms with E-state index in [0.29, 0.717) is 16.5 Å². The first-order chi connectivity index (χ1) is 12.6. The molecule has 0 saturated carbocycles. The van der Waals surface area contributed by atoms with Crippen LogP contribution in [-0.4, -0.2) is 21.6 Å². The fraction of sp³-hybridized carbons (Fsp3) is 0.316. The number of thiophene rings is 1. The third-order valence-corrected chi connectivity index (χ3v) is 7.03. The Hall–Kier alpha value is -1.63. The second-order valence-corrected chi connectivity index (χ2v) is 8.98. The van der Waals surface area contributed by atoms with Crippen LogP contribution in [0.1, 0.15) is 23.8 Å². The van der Waals surface area contributed by atoms with Crippen molar-refractivity contribution in [3.05, 3.63) is 46.1 Å². The molecule has 0 radical (unpaired) electrons. The van der Waals surface area contributed by atoms with Gasteiger partial charge in [0.25, 0.3) is 0 Å². The molecule has 1 N–H and O–H groups in total. The van der Waals surface area contributed by atoms with Gasteiger partial charge in [0.2, 0.25) is 5.91 Å². The van der Waals surface area contributed by atoms with E-state index in [-0.39, 0.29) is 5.91 Å². The molecule has 0 saturated heterocycles. The lowest BCUT2D eigenvalue weighted by Gasteiger charge is -2.18. The summed E-state index contributed by atoms with van der Waals surface area (Å²) in [5.74, 6) is 0.923. The van der Waals surface area contributed by atoms with Gasteiger partial charge >= 0.3 is 0 Å². The largest absolute Gasteiger partial charge is 0.324 e. The Kier molecular flexibility index (Phi) is 5.16. The van der Waals surface area contributed by atoms with E-state index < -0.39 is 0 Å². The quantitative estimate of drug-likeness (QED) is 0.480. The van der Waals surface area contributed by atoms with Crippen molar-refractivity contribution in [2.75, 3.05) is 11.1 Å². The molecule has 134 valence electrons. The van der Waals surface area contributed by atoms with Crippen LogP contribution in [0.3, 0.4) is 0 Å². The summed E-state index contributed by atoms with van der Waals surface area (Å²) in [5, 5.41) is 5.44. The zero-order valence-electron chi connectivity index (χ0n) is 14.3. The molecule has 1 amide bonds. The molecule has 1 aromatic carbocycles. The minimum absolute atomic E-state index is 0.0902. The highest BCUT2D eigenvalue weighted by molar-refractivity contribution is 8.00. The Morgan fingerprint density at radius 1 is 1.38 bits per heavy atom. The van der Waals surface area contributed by atoms with Crippen LogP contribution in [0.25, 0.3) is 10.2 Å². The van der Waals surface area contributed by atoms with Gasteiger partial charge in [-0.1, -0.05) is 42.4 Å². The summed E-state index contributed by atoms with van der Waals surface area (Å²) in [6.45, 7) is 2.30. The molecular weight excluding hydrogens is 386 g/mol. The summed E-state index contributed by atoms with van der Waals surface area (Å²) in [7, 11) is 0. The Balaban J connectivity index is 1.52. The van der Waals surface area contributed by atoms with Crippen LogP contribution in [0.15, 0.2) is 35.6 Å². The van der Waals surface area contributed by atoms with E-state index in [1.54, 1.807) is 29.8 Å². The van der Waals surface area contributed by atoms with Gasteiger partial charge < -0.3 is 5.32 Å². The molecule has 1 atom stereocenters. The molecule has 0 bridgehead atoms. The van der Waals surface area contributed by atoms with Gasteiger partial charge in [-0.2, -0.15) is 0 Å². The fourth-order valence-corrected chi connectivity index (χ4v) is 5.66. The Morgan fingerprint density at radius 2 is 2.23 bits per heavy atom. The number of fused-ring (bicyclic) bond motifs is 3. The first-order valence-electron chi connectivity index (χ1n) is 8.54. The first-order valence-corrected chi connectivity index (χ1v) is 10.7. The molecule has 0 spiro atoms. The number of nitrogens with zero attached hydrogens (tertiary/aromatic N) is 2. The molecule has 0 aliphatic heterocycles. The first kappa shape index (κ1) is 17.8. The van der Waals surface area contributed by atoms with Crippen LogP contribution < -0.4 is 5.32 Å². The second-order valence-electron chi connectivity index (χ2n) is 6.53. The number of rotatable bonds is 4. The number of nitrogens with one attached hydrogen (secondary N) is 1. The van der Waals surface area contributed by atoms with Gasteiger partial charge in [-0.3, -0.25) is 4.79 Å². The lowest BCUT2D eigenvalue weighted by Crippen LogP contribution is -2.14. The molecule has 7 heteroatoms. The van der Waals surface area contributed by atoms with Crippen LogP contribution >= 0.6 is 34.7 Å². The van der Waals surface area contributed by atoms with Crippen LogP contribution in [0, 0.1) is 5.92 Å². The summed E-state index contributed by atoms with van der Waals surface area (Å²) in [5.41, 5.74) is 2.02. The van der Waals surface area contributed by atoms with Gasteiger partial charge in [-0.15, -0.1) is 11.3 Å². The van der Waals surface area contributed by atoms with Crippen molar-refractivity contribution in [2.45, 2.75) is 31.2 Å². The van der Waals surface area contributed by atoms with Crippen LogP contribution in [0.2, 0.25) is 5.02 Å². The van der Waals surface area contributed by atoms with E-state index in [1.807, 2.05) is 12.1 Å². The van der Waals surface area contributed by atoms with Gasteiger partial charge in [-0.25, -0.2) is 9.97 Å². The van der Waals surface area contributed by atoms with Crippen LogP contribution in [-0.2, 0) is 17.6 Å². The van der Waals surface area contributed by atoms with Crippen molar-refractivity contribution in [3.8, 4) is 0 Å². The van der Waals surface area contributed by atoms with E-state index in [2.05, 4.69) is 22.2 Å². The zero-order valence-corrected chi connectivity index (χ0v) is 16.7. The van der Waals surface area contributed by atoms with Gasteiger partial charge in [-0.05, 0) is 42.9 Å². The number of aryl methyl sites for hydroxylation is 1. The summed E-state index contributed by atoms with van der Waals surface area (Å²) < 4.78 is 0. The molecule has 4 rings (SSSR count). The van der Waals surface area contributed by atoms with E-state index in [1.165, 1.54) is 28.6 Å². The number of anilines is 1. The molecule has 0 fully saturated rings. The number of aromatic nitrogens is 2. The van der Waals surface area contributed by atoms with Crippen molar-refractivity contribution < 1.29 is 4.79 Å². The Labute approximate surface area is 165 Å². The van der Waals surface area contributed by atoms with Crippen molar-refractivity contribution >= 4 is 56.5 Å². The molecule has 26 heavy (non-hydrogen) atoms. The van der Waals surface area contributed by atoms with Crippen molar-refractivity contribution in [1.82, 2.24) is 9.97 Å². The molecule has 2 aromatic heterocycles. The van der Waals surface area contributed by atoms with Gasteiger partial charge in [0.1, 0.15) is 16.2 Å². The minimum Gasteiger partial charge on any atom is -0.324 e. The lowest BCUT2D eigenvalue weighted by atomic mass is 9.89. The molecule has 4 nitrogen and oxygen atoms in total. The molecule has 1 aliphatic rings. The Bertz CT molecular complexity index is 973. The van der Waals surface area contributed by atoms with Gasteiger partial charge in [0.15, 0.2) is 0 Å². The van der Waals surface area contributed by atoms with E-state index >= 15 is 0 Å². The van der Waals surface area contributed by atoms with Crippen LogP contribution in [0.4, 0.5) is 5.69 Å². The van der Waals surface area contributed by atoms with Crippen LogP contribution in [0.5, 0.6) is 0 Å². The van der Waals surface area contributed by atoms with E-state index in [0.717, 1.165) is 34.0 Å². The summed E-state index contributed by atoms with van der Waals surface area (Å²) >= 11 is 9.34. The number of benzene rings is 1. The maximum atomic E-state index is 12.3. The fourth-order valence-electron chi connectivity index (χ4n) is 3.24. The van der Waals surface area contributed by atoms with E-state index in [4.69, 9.17) is 11.6 Å². The third-order valence-electron chi connectivity index (χ3n) is 4.54. The number of carbonyl (C=O) groups is 1. The predicted octanol–water partition coefficient (Wildman–Crippen LogP) is 5.20. The normalized spacial score (nSPS) is 16.5. The molecular formula is C19H18ClN3OS2. The van der Waals surface area contributed by atoms with Crippen molar-refractivity contribution in [2.24, 2.45) is 5.92 Å². The van der Waals surface area contributed by atoms with Gasteiger partial charge in [0, 0.05) is 10.3 Å². The number of halogens is 1. The molecule has 3 aromatic rings. The molecule has 2 heterocycles. The van der Waals surface area contributed by atoms with Gasteiger partial charge in [0.05, 0.1) is 16.5 Å². The highest BCUT2D eigenvalue weighted by Gasteiger charge is 2.23. The standard InChI is InChI=1S/C19H18ClN3OS2/c1-11-6-7-12-15(8-11)26-19-17(12)18(21-10-22-19)25-9-16(24)23-14-5-3-2-4-13(14)20/h2-5,10-11H,6-9H2,1H3,(H,23,24). The maximum Gasteiger partial charge on any atom is 0.234 e. The number of amides is 1. The highest BCUT2D eigenvalue weighted by Crippen LogP contribution is 2.40. The van der Waals surface area contributed by atoms with Crippen molar-refractivity contribution in [1.29, 1.82) is 0 Å². The monoisotopic (exact) mass is 403 g/mol. The minimum atomic E-state index is -0.0902. The summed E-state index contributed by atoms with van der Waals surface area (Å²) in [6.07, 6.45) is 4.99. The second kappa shape index (κ2) is 7.55. The number of hydrogen-bond donors (Lipinski definition) is 1. The average molecular weight is 404 g/mol. The topological polar surface area (TPSA) is 54.9 Å². The number of thioether (sulfide) groups is 1. The number of hydrogen-bond acceptors (Lipinski definition) is 5. The summed E-state index contributed by atoms with van der Waals surface area (Å²) in [6, 6.07) is 7.24. The molecule has 1 aliphatic carbocycles. The SMILES string of the molecule is CC1CCc2c(sc3ncnc(SCC(=O)Nc4ccccc4Cl)c23)C1. The Morgan fingerprint density at radius 3 is 3.08 bits per heavy atom. The predicted molar refractivity (Wildman–Crippen MR) is 109 cm³/mol. The smallest absolute Gasteiger partial charge is 0.234 e. The zero-order chi connectivity index (χ0) is 18.1. The number of para-hydroxylation sites is 1. The number of carbonyl (C=O) groups excluding carboxylic acids is 1. The lowest BCUT2D eigenvalue weighted by molar-refractivity contribution is -0.113. The molecule has 1 unspecified atom stereocenters. The third kappa shape index (κ3) is 3.59. The maximum absolute atomic E-state index is 12.3. The average Bonchev–Trinajstić information content (AvgIpc) is 3.00.